The Balaban J connectivity index is 1.20. The van der Waals surface area contributed by atoms with E-state index < -0.39 is 17.9 Å². The SMILES string of the molecule is Cc1ncc2ccc(NC(=O)c3cn(-c4ccc5c(c4)C(=O)N(C4CCC(=O)NC4=O)C5)nn3)cn12. The number of carbonyl (C=O) groups excluding carboxylic acids is 4. The highest BCUT2D eigenvalue weighted by Crippen LogP contribution is 2.29. The Kier molecular flexibility index (Phi) is 4.88. The van der Waals surface area contributed by atoms with Gasteiger partial charge in [0.25, 0.3) is 11.8 Å². The molecule has 3 aromatic heterocycles. The zero-order valence-corrected chi connectivity index (χ0v) is 19.1. The number of carbonyl (C=O) groups is 4. The van der Waals surface area contributed by atoms with Crippen LogP contribution in [-0.4, -0.2) is 58.9 Å². The molecule has 180 valence electrons. The number of anilines is 1. The predicted molar refractivity (Wildman–Crippen MR) is 125 cm³/mol. The van der Waals surface area contributed by atoms with Crippen LogP contribution in [0.5, 0.6) is 0 Å². The highest BCUT2D eigenvalue weighted by Gasteiger charge is 2.39. The largest absolute Gasteiger partial charge is 0.322 e. The van der Waals surface area contributed by atoms with E-state index in [1.165, 1.54) is 15.8 Å². The standard InChI is InChI=1S/C24H20N8O4/c1-13-25-9-17-5-3-15(11-30(13)17)26-22(34)19-12-32(29-28-19)16-4-2-14-10-31(24(36)18(14)8-16)20-6-7-21(33)27-23(20)35/h2-5,8-9,11-12,20H,6-7,10H2,1H3,(H,26,34)(H,27,33,35). The van der Waals surface area contributed by atoms with E-state index in [2.05, 4.69) is 25.9 Å². The number of nitrogens with zero attached hydrogens (tertiary/aromatic N) is 6. The minimum atomic E-state index is -0.682. The summed E-state index contributed by atoms with van der Waals surface area (Å²) < 4.78 is 3.28. The zero-order chi connectivity index (χ0) is 25.0. The van der Waals surface area contributed by atoms with E-state index in [0.717, 1.165) is 16.9 Å². The van der Waals surface area contributed by atoms with Crippen LogP contribution in [0.2, 0.25) is 0 Å². The molecule has 5 heterocycles. The fourth-order valence-corrected chi connectivity index (χ4v) is 4.57. The second-order valence-corrected chi connectivity index (χ2v) is 8.76. The second kappa shape index (κ2) is 8.12. The van der Waals surface area contributed by atoms with Crippen LogP contribution in [0, 0.1) is 6.92 Å². The summed E-state index contributed by atoms with van der Waals surface area (Å²) in [5.41, 5.74) is 3.38. The number of hydrogen-bond donors (Lipinski definition) is 2. The molecule has 1 unspecified atom stereocenters. The van der Waals surface area contributed by atoms with Crippen LogP contribution in [0.3, 0.4) is 0 Å². The summed E-state index contributed by atoms with van der Waals surface area (Å²) in [5, 5.41) is 13.1. The number of aryl methyl sites for hydroxylation is 1. The lowest BCUT2D eigenvalue weighted by Crippen LogP contribution is -2.52. The van der Waals surface area contributed by atoms with E-state index in [9.17, 15) is 19.2 Å². The summed E-state index contributed by atoms with van der Waals surface area (Å²) in [6.07, 6.45) is 5.50. The van der Waals surface area contributed by atoms with Gasteiger partial charge >= 0.3 is 0 Å². The molecule has 12 heteroatoms. The van der Waals surface area contributed by atoms with Crippen LogP contribution in [0.15, 0.2) is 48.9 Å². The number of fused-ring (bicyclic) bond motifs is 2. The monoisotopic (exact) mass is 484 g/mol. The summed E-state index contributed by atoms with van der Waals surface area (Å²) in [7, 11) is 0. The molecule has 0 aliphatic carbocycles. The molecule has 4 amide bonds. The van der Waals surface area contributed by atoms with E-state index in [-0.39, 0.29) is 30.5 Å². The predicted octanol–water partition coefficient (Wildman–Crippen LogP) is 1.24. The number of nitrogens with one attached hydrogen (secondary N) is 2. The highest BCUT2D eigenvalue weighted by molar-refractivity contribution is 6.05. The first-order valence-corrected chi connectivity index (χ1v) is 11.3. The molecule has 2 aliphatic rings. The van der Waals surface area contributed by atoms with E-state index in [4.69, 9.17) is 0 Å². The van der Waals surface area contributed by atoms with Gasteiger partial charge in [0.05, 0.1) is 29.3 Å². The molecule has 0 saturated carbocycles. The van der Waals surface area contributed by atoms with E-state index >= 15 is 0 Å². The van der Waals surface area contributed by atoms with Crippen LogP contribution >= 0.6 is 0 Å². The average molecular weight is 484 g/mol. The van der Waals surface area contributed by atoms with E-state index in [0.29, 0.717) is 23.4 Å². The minimum absolute atomic E-state index is 0.106. The molecule has 36 heavy (non-hydrogen) atoms. The molecule has 2 N–H and O–H groups in total. The Morgan fingerprint density at radius 1 is 1.14 bits per heavy atom. The third-order valence-corrected chi connectivity index (χ3v) is 6.47. The lowest BCUT2D eigenvalue weighted by molar-refractivity contribution is -0.136. The van der Waals surface area contributed by atoms with Gasteiger partial charge in [-0.2, -0.15) is 0 Å². The Bertz CT molecular complexity index is 1590. The number of imide groups is 1. The molecule has 1 fully saturated rings. The fraction of sp³-hybridized carbons (Fsp3) is 0.208. The maximum absolute atomic E-state index is 13.1. The number of rotatable bonds is 4. The van der Waals surface area contributed by atoms with Crippen molar-refractivity contribution in [2.45, 2.75) is 32.4 Å². The molecule has 6 rings (SSSR count). The highest BCUT2D eigenvalue weighted by atomic mass is 16.2. The van der Waals surface area contributed by atoms with Gasteiger partial charge in [-0.15, -0.1) is 5.10 Å². The van der Waals surface area contributed by atoms with Crippen LogP contribution in [0.4, 0.5) is 5.69 Å². The van der Waals surface area contributed by atoms with Crippen molar-refractivity contribution < 1.29 is 19.2 Å². The van der Waals surface area contributed by atoms with Gasteiger partial charge in [-0.3, -0.25) is 24.5 Å². The van der Waals surface area contributed by atoms with Gasteiger partial charge in [0.1, 0.15) is 11.9 Å². The van der Waals surface area contributed by atoms with Gasteiger partial charge in [0.15, 0.2) is 5.69 Å². The lowest BCUT2D eigenvalue weighted by Gasteiger charge is -2.29. The van der Waals surface area contributed by atoms with Crippen molar-refractivity contribution in [1.82, 2.24) is 34.6 Å². The molecule has 0 bridgehead atoms. The van der Waals surface area contributed by atoms with Crippen molar-refractivity contribution in [1.29, 1.82) is 0 Å². The van der Waals surface area contributed by atoms with E-state index in [1.54, 1.807) is 36.7 Å². The van der Waals surface area contributed by atoms with Crippen molar-refractivity contribution >= 4 is 34.8 Å². The fourth-order valence-electron chi connectivity index (χ4n) is 4.57. The van der Waals surface area contributed by atoms with Gasteiger partial charge < -0.3 is 14.6 Å². The molecule has 1 saturated heterocycles. The number of aromatic nitrogens is 5. The van der Waals surface area contributed by atoms with Crippen molar-refractivity contribution in [2.75, 3.05) is 5.32 Å². The van der Waals surface area contributed by atoms with Crippen LogP contribution in [-0.2, 0) is 16.1 Å². The summed E-state index contributed by atoms with van der Waals surface area (Å²) >= 11 is 0. The molecule has 1 atom stereocenters. The number of piperidine rings is 1. The average Bonchev–Trinajstić information content (AvgIpc) is 3.58. The maximum Gasteiger partial charge on any atom is 0.277 e. The molecule has 0 spiro atoms. The smallest absolute Gasteiger partial charge is 0.277 e. The molecular formula is C24H20N8O4. The maximum atomic E-state index is 13.1. The minimum Gasteiger partial charge on any atom is -0.322 e. The topological polar surface area (TPSA) is 144 Å². The quantitative estimate of drug-likeness (QED) is 0.415. The summed E-state index contributed by atoms with van der Waals surface area (Å²) in [5.74, 6) is -0.702. The lowest BCUT2D eigenvalue weighted by atomic mass is 10.0. The summed E-state index contributed by atoms with van der Waals surface area (Å²) in [6.45, 7) is 2.15. The number of imidazole rings is 1. The third kappa shape index (κ3) is 3.59. The molecular weight excluding hydrogens is 464 g/mol. The molecule has 4 aromatic rings. The molecule has 2 aliphatic heterocycles. The number of hydrogen-bond acceptors (Lipinski definition) is 7. The molecule has 1 aromatic carbocycles. The Hall–Kier alpha value is -4.87. The molecule has 0 radical (unpaired) electrons. The zero-order valence-electron chi connectivity index (χ0n) is 19.1. The normalized spacial score (nSPS) is 17.4. The van der Waals surface area contributed by atoms with Crippen molar-refractivity contribution in [3.63, 3.8) is 0 Å². The number of benzene rings is 1. The van der Waals surface area contributed by atoms with Crippen molar-refractivity contribution in [3.8, 4) is 5.69 Å². The Labute approximate surface area is 203 Å². The first-order chi connectivity index (χ1) is 17.4. The summed E-state index contributed by atoms with van der Waals surface area (Å²) in [6, 6.07) is 8.17. The molecule has 12 nitrogen and oxygen atoms in total. The van der Waals surface area contributed by atoms with Gasteiger partial charge in [0, 0.05) is 24.7 Å². The second-order valence-electron chi connectivity index (χ2n) is 8.76. The van der Waals surface area contributed by atoms with E-state index in [1.807, 2.05) is 17.4 Å². The van der Waals surface area contributed by atoms with Gasteiger partial charge in [-0.1, -0.05) is 11.3 Å². The third-order valence-electron chi connectivity index (χ3n) is 6.47. The van der Waals surface area contributed by atoms with Crippen LogP contribution in [0.1, 0.15) is 45.1 Å². The Morgan fingerprint density at radius 2 is 2.00 bits per heavy atom. The van der Waals surface area contributed by atoms with Crippen LogP contribution < -0.4 is 10.6 Å². The van der Waals surface area contributed by atoms with Gasteiger partial charge in [-0.25, -0.2) is 9.67 Å². The Morgan fingerprint density at radius 3 is 2.83 bits per heavy atom. The number of amides is 4. The van der Waals surface area contributed by atoms with Crippen LogP contribution in [0.25, 0.3) is 11.2 Å². The first-order valence-electron chi connectivity index (χ1n) is 11.3. The van der Waals surface area contributed by atoms with Gasteiger partial charge in [0.2, 0.25) is 11.8 Å². The summed E-state index contributed by atoms with van der Waals surface area (Å²) in [4.78, 5) is 55.3. The van der Waals surface area contributed by atoms with Crippen molar-refractivity contribution in [3.05, 3.63) is 71.6 Å². The van der Waals surface area contributed by atoms with Gasteiger partial charge in [-0.05, 0) is 43.2 Å². The number of pyridine rings is 1. The first kappa shape index (κ1) is 21.6. The van der Waals surface area contributed by atoms with Crippen molar-refractivity contribution in [2.24, 2.45) is 0 Å².